The van der Waals surface area contributed by atoms with Crippen LogP contribution in [0.5, 0.6) is 0 Å². The maximum absolute atomic E-state index is 13.8. The SMILES string of the molecule is CC1CCN(C(=O)c2cc(=O)[nH]c3ccc(S(=O)(=O)N4CCOCC4)cc23)C2CCCCC12. The van der Waals surface area contributed by atoms with E-state index in [1.807, 2.05) is 4.90 Å². The van der Waals surface area contributed by atoms with Crippen molar-refractivity contribution in [2.24, 2.45) is 11.8 Å². The summed E-state index contributed by atoms with van der Waals surface area (Å²) in [6, 6.07) is 6.13. The average molecular weight is 474 g/mol. The van der Waals surface area contributed by atoms with Crippen molar-refractivity contribution in [2.45, 2.75) is 50.0 Å². The van der Waals surface area contributed by atoms with E-state index < -0.39 is 10.0 Å². The molecule has 1 saturated carbocycles. The van der Waals surface area contributed by atoms with Crippen molar-refractivity contribution in [3.05, 3.63) is 40.2 Å². The van der Waals surface area contributed by atoms with Crippen LogP contribution in [0.3, 0.4) is 0 Å². The number of hydrogen-bond donors (Lipinski definition) is 1. The second kappa shape index (κ2) is 8.85. The molecule has 1 aromatic carbocycles. The van der Waals surface area contributed by atoms with E-state index in [9.17, 15) is 18.0 Å². The Morgan fingerprint density at radius 3 is 2.61 bits per heavy atom. The highest BCUT2D eigenvalue weighted by Crippen LogP contribution is 2.39. The molecule has 1 N–H and O–H groups in total. The highest BCUT2D eigenvalue weighted by Gasteiger charge is 2.40. The summed E-state index contributed by atoms with van der Waals surface area (Å²) in [5, 5.41) is 0.472. The van der Waals surface area contributed by atoms with Gasteiger partial charge in [0.1, 0.15) is 0 Å². The number of aromatic nitrogens is 1. The summed E-state index contributed by atoms with van der Waals surface area (Å²) in [5.74, 6) is 0.901. The van der Waals surface area contributed by atoms with Crippen LogP contribution >= 0.6 is 0 Å². The number of ether oxygens (including phenoxy) is 1. The molecule has 1 amide bonds. The Bertz CT molecular complexity index is 1220. The molecular formula is C24H31N3O5S. The van der Waals surface area contributed by atoms with Crippen LogP contribution in [0.1, 0.15) is 49.4 Å². The summed E-state index contributed by atoms with van der Waals surface area (Å²) in [6.07, 6.45) is 5.37. The molecule has 178 valence electrons. The Morgan fingerprint density at radius 2 is 1.82 bits per heavy atom. The molecule has 33 heavy (non-hydrogen) atoms. The van der Waals surface area contributed by atoms with E-state index in [1.54, 1.807) is 6.07 Å². The minimum Gasteiger partial charge on any atom is -0.379 e. The predicted molar refractivity (Wildman–Crippen MR) is 125 cm³/mol. The van der Waals surface area contributed by atoms with E-state index in [0.717, 1.165) is 25.7 Å². The minimum atomic E-state index is -3.72. The Balaban J connectivity index is 1.55. The van der Waals surface area contributed by atoms with Gasteiger partial charge in [-0.3, -0.25) is 9.59 Å². The number of H-pyrrole nitrogens is 1. The van der Waals surface area contributed by atoms with Gasteiger partial charge in [-0.1, -0.05) is 19.8 Å². The number of morpholine rings is 1. The quantitative estimate of drug-likeness (QED) is 0.739. The van der Waals surface area contributed by atoms with Crippen LogP contribution in [0.4, 0.5) is 0 Å². The van der Waals surface area contributed by atoms with Gasteiger partial charge in [-0.25, -0.2) is 8.42 Å². The van der Waals surface area contributed by atoms with Crippen LogP contribution in [0.15, 0.2) is 34.0 Å². The Labute approximate surface area is 194 Å². The van der Waals surface area contributed by atoms with Gasteiger partial charge in [0.25, 0.3) is 5.91 Å². The third kappa shape index (κ3) is 4.11. The van der Waals surface area contributed by atoms with Gasteiger partial charge in [0.15, 0.2) is 0 Å². The van der Waals surface area contributed by atoms with Gasteiger partial charge < -0.3 is 14.6 Å². The smallest absolute Gasteiger partial charge is 0.255 e. The molecule has 9 heteroatoms. The highest BCUT2D eigenvalue weighted by atomic mass is 32.2. The lowest BCUT2D eigenvalue weighted by Gasteiger charge is -2.47. The van der Waals surface area contributed by atoms with Gasteiger partial charge in [-0.05, 0) is 49.3 Å². The van der Waals surface area contributed by atoms with Crippen LogP contribution in [0.2, 0.25) is 0 Å². The molecule has 3 atom stereocenters. The number of benzene rings is 1. The Kier molecular flexibility index (Phi) is 6.05. The number of sulfonamides is 1. The number of fused-ring (bicyclic) bond motifs is 2. The zero-order chi connectivity index (χ0) is 23.2. The molecule has 1 aliphatic carbocycles. The van der Waals surface area contributed by atoms with E-state index in [2.05, 4.69) is 11.9 Å². The first kappa shape index (κ1) is 22.6. The van der Waals surface area contributed by atoms with Crippen molar-refractivity contribution in [2.75, 3.05) is 32.8 Å². The molecule has 3 unspecified atom stereocenters. The molecule has 1 aromatic heterocycles. The van der Waals surface area contributed by atoms with Crippen molar-refractivity contribution >= 4 is 26.8 Å². The van der Waals surface area contributed by atoms with Crippen LogP contribution in [0, 0.1) is 11.8 Å². The summed E-state index contributed by atoms with van der Waals surface area (Å²) >= 11 is 0. The van der Waals surface area contributed by atoms with E-state index in [0.29, 0.717) is 55.6 Å². The third-order valence-corrected chi connectivity index (χ3v) is 9.55. The number of likely N-dealkylation sites (tertiary alicyclic amines) is 1. The molecule has 0 bridgehead atoms. The monoisotopic (exact) mass is 473 g/mol. The molecule has 2 saturated heterocycles. The number of piperidine rings is 1. The molecule has 3 fully saturated rings. The van der Waals surface area contributed by atoms with E-state index in [-0.39, 0.29) is 28.0 Å². The summed E-state index contributed by atoms with van der Waals surface area (Å²) in [7, 11) is -3.72. The number of carbonyl (C=O) groups excluding carboxylic acids is 1. The van der Waals surface area contributed by atoms with Gasteiger partial charge >= 0.3 is 0 Å². The van der Waals surface area contributed by atoms with Gasteiger partial charge in [0.2, 0.25) is 15.6 Å². The number of amides is 1. The van der Waals surface area contributed by atoms with Crippen molar-refractivity contribution < 1.29 is 17.9 Å². The minimum absolute atomic E-state index is 0.126. The summed E-state index contributed by atoms with van der Waals surface area (Å²) in [6.45, 7) is 4.26. The number of pyridine rings is 1. The third-order valence-electron chi connectivity index (χ3n) is 7.65. The summed E-state index contributed by atoms with van der Waals surface area (Å²) in [5.41, 5.74) is 0.393. The van der Waals surface area contributed by atoms with Crippen LogP contribution in [-0.4, -0.2) is 67.4 Å². The van der Waals surface area contributed by atoms with Gasteiger partial charge in [0.05, 0.1) is 23.7 Å². The van der Waals surface area contributed by atoms with Gasteiger partial charge in [-0.2, -0.15) is 4.31 Å². The normalized spacial score (nSPS) is 26.8. The number of aromatic amines is 1. The largest absolute Gasteiger partial charge is 0.379 e. The fourth-order valence-electron chi connectivity index (χ4n) is 5.83. The highest BCUT2D eigenvalue weighted by molar-refractivity contribution is 7.89. The first-order valence-electron chi connectivity index (χ1n) is 11.9. The molecule has 2 aromatic rings. The molecule has 0 radical (unpaired) electrons. The number of nitrogens with one attached hydrogen (secondary N) is 1. The fraction of sp³-hybridized carbons (Fsp3) is 0.583. The maximum atomic E-state index is 13.8. The van der Waals surface area contributed by atoms with E-state index >= 15 is 0 Å². The molecule has 3 heterocycles. The van der Waals surface area contributed by atoms with E-state index in [1.165, 1.54) is 28.9 Å². The summed E-state index contributed by atoms with van der Waals surface area (Å²) < 4.78 is 33.1. The lowest BCUT2D eigenvalue weighted by molar-refractivity contribution is 0.0219. The number of carbonyl (C=O) groups is 1. The van der Waals surface area contributed by atoms with Gasteiger partial charge in [-0.15, -0.1) is 0 Å². The lowest BCUT2D eigenvalue weighted by Crippen LogP contribution is -2.52. The molecule has 3 aliphatic rings. The Hall–Kier alpha value is -2.23. The van der Waals surface area contributed by atoms with Crippen molar-refractivity contribution in [1.82, 2.24) is 14.2 Å². The number of hydrogen-bond acceptors (Lipinski definition) is 5. The van der Waals surface area contributed by atoms with Crippen LogP contribution < -0.4 is 5.56 Å². The standard InChI is InChI=1S/C24H31N3O5S/c1-16-8-9-27(22-5-3-2-4-18(16)22)24(29)20-15-23(28)25-21-7-6-17(14-19(20)21)33(30,31)26-10-12-32-13-11-26/h6-7,14-16,18,22H,2-5,8-13H2,1H3,(H,25,28). The zero-order valence-electron chi connectivity index (χ0n) is 19.0. The molecule has 0 spiro atoms. The maximum Gasteiger partial charge on any atom is 0.255 e. The zero-order valence-corrected chi connectivity index (χ0v) is 19.8. The molecule has 2 aliphatic heterocycles. The molecular weight excluding hydrogens is 442 g/mol. The van der Waals surface area contributed by atoms with Crippen molar-refractivity contribution in [3.63, 3.8) is 0 Å². The second-order valence-corrected chi connectivity index (χ2v) is 11.5. The van der Waals surface area contributed by atoms with E-state index in [4.69, 9.17) is 4.74 Å². The van der Waals surface area contributed by atoms with Crippen LogP contribution in [0.25, 0.3) is 10.9 Å². The lowest BCUT2D eigenvalue weighted by atomic mass is 9.72. The average Bonchev–Trinajstić information content (AvgIpc) is 2.84. The van der Waals surface area contributed by atoms with Crippen molar-refractivity contribution in [3.8, 4) is 0 Å². The number of nitrogens with zero attached hydrogens (tertiary/aromatic N) is 2. The predicted octanol–water partition coefficient (Wildman–Crippen LogP) is 2.59. The first-order valence-corrected chi connectivity index (χ1v) is 13.4. The molecule has 8 nitrogen and oxygen atoms in total. The topological polar surface area (TPSA) is 99.8 Å². The first-order chi connectivity index (χ1) is 15.9. The number of rotatable bonds is 3. The Morgan fingerprint density at radius 1 is 1.06 bits per heavy atom. The summed E-state index contributed by atoms with van der Waals surface area (Å²) in [4.78, 5) is 31.0. The molecule has 5 rings (SSSR count). The van der Waals surface area contributed by atoms with Crippen molar-refractivity contribution in [1.29, 1.82) is 0 Å². The second-order valence-electron chi connectivity index (χ2n) is 9.55. The van der Waals surface area contributed by atoms with Gasteiger partial charge in [0, 0.05) is 42.6 Å². The van der Waals surface area contributed by atoms with Crippen LogP contribution in [-0.2, 0) is 14.8 Å². The fourth-order valence-corrected chi connectivity index (χ4v) is 7.26.